The number of rotatable bonds is 4. The molecule has 0 saturated heterocycles. The molecule has 0 spiro atoms. The van der Waals surface area contributed by atoms with E-state index in [0.717, 1.165) is 17.7 Å². The molecule has 0 saturated carbocycles. The van der Waals surface area contributed by atoms with Gasteiger partial charge in [0.2, 0.25) is 0 Å². The van der Waals surface area contributed by atoms with Crippen molar-refractivity contribution in [3.05, 3.63) is 77.6 Å². The molecule has 0 atom stereocenters. The lowest BCUT2D eigenvalue weighted by molar-refractivity contribution is -0.137. The van der Waals surface area contributed by atoms with Crippen LogP contribution in [-0.2, 0) is 12.7 Å². The number of urea groups is 1. The molecule has 0 aliphatic rings. The molecule has 0 unspecified atom stereocenters. The van der Waals surface area contributed by atoms with Crippen LogP contribution in [0.25, 0.3) is 0 Å². The number of nitrogens with one attached hydrogen (secondary N) is 2. The molecule has 2 amide bonds. The fourth-order valence-corrected chi connectivity index (χ4v) is 2.56. The largest absolute Gasteiger partial charge is 0.416 e. The Morgan fingerprint density at radius 3 is 2.56 bits per heavy atom. The summed E-state index contributed by atoms with van der Waals surface area (Å²) in [5, 5.41) is 9.41. The third-order valence-corrected chi connectivity index (χ3v) is 3.77. The van der Waals surface area contributed by atoms with Gasteiger partial charge in [0.05, 0.1) is 24.0 Å². The van der Waals surface area contributed by atoms with Gasteiger partial charge < -0.3 is 10.6 Å². The molecule has 140 valence electrons. The predicted octanol–water partition coefficient (Wildman–Crippen LogP) is 4.90. The van der Waals surface area contributed by atoms with Gasteiger partial charge in [0.15, 0.2) is 0 Å². The summed E-state index contributed by atoms with van der Waals surface area (Å²) in [5.41, 5.74) is 1.87. The Kier molecular flexibility index (Phi) is 5.16. The van der Waals surface area contributed by atoms with Gasteiger partial charge in [0, 0.05) is 11.9 Å². The zero-order chi connectivity index (χ0) is 19.4. The molecule has 3 aromatic rings. The summed E-state index contributed by atoms with van der Waals surface area (Å²) in [5.74, 6) is 0. The van der Waals surface area contributed by atoms with Crippen LogP contribution in [0.1, 0.15) is 16.7 Å². The number of anilines is 2. The molecule has 0 radical (unpaired) electrons. The highest BCUT2D eigenvalue weighted by atomic mass is 19.4. The first-order chi connectivity index (χ1) is 12.8. The molecular weight excluding hydrogens is 357 g/mol. The summed E-state index contributed by atoms with van der Waals surface area (Å²) >= 11 is 0. The van der Waals surface area contributed by atoms with Crippen LogP contribution in [0, 0.1) is 6.92 Å². The molecule has 1 heterocycles. The number of hydrogen-bond acceptors (Lipinski definition) is 2. The van der Waals surface area contributed by atoms with Gasteiger partial charge in [-0.2, -0.15) is 18.3 Å². The number of benzene rings is 2. The van der Waals surface area contributed by atoms with E-state index in [1.165, 1.54) is 16.9 Å². The molecule has 5 nitrogen and oxygen atoms in total. The molecule has 2 aromatic carbocycles. The summed E-state index contributed by atoms with van der Waals surface area (Å²) in [4.78, 5) is 12.0. The average Bonchev–Trinajstić information content (AvgIpc) is 3.01. The Hall–Kier alpha value is -3.29. The second-order valence-electron chi connectivity index (χ2n) is 6.07. The molecule has 0 aliphatic carbocycles. The van der Waals surface area contributed by atoms with Crippen LogP contribution < -0.4 is 10.6 Å². The van der Waals surface area contributed by atoms with Crippen molar-refractivity contribution < 1.29 is 18.0 Å². The first-order valence-electron chi connectivity index (χ1n) is 8.13. The van der Waals surface area contributed by atoms with Crippen LogP contribution in [0.2, 0.25) is 0 Å². The van der Waals surface area contributed by atoms with Crippen molar-refractivity contribution >= 4 is 17.4 Å². The maximum absolute atomic E-state index is 12.8. The lowest BCUT2D eigenvalue weighted by atomic mass is 10.1. The van der Waals surface area contributed by atoms with E-state index >= 15 is 0 Å². The van der Waals surface area contributed by atoms with Crippen LogP contribution in [-0.4, -0.2) is 15.8 Å². The van der Waals surface area contributed by atoms with Gasteiger partial charge in [-0.1, -0.05) is 24.3 Å². The van der Waals surface area contributed by atoms with Crippen LogP contribution >= 0.6 is 0 Å². The highest BCUT2D eigenvalue weighted by molar-refractivity contribution is 5.99. The number of carbonyl (C=O) groups excluding carboxylic acids is 1. The monoisotopic (exact) mass is 374 g/mol. The van der Waals surface area contributed by atoms with Crippen molar-refractivity contribution in [1.29, 1.82) is 0 Å². The molecule has 0 aliphatic heterocycles. The third kappa shape index (κ3) is 5.10. The average molecular weight is 374 g/mol. The van der Waals surface area contributed by atoms with Crippen LogP contribution in [0.15, 0.2) is 60.9 Å². The molecule has 0 fully saturated rings. The smallest absolute Gasteiger partial charge is 0.308 e. The Morgan fingerprint density at radius 2 is 1.81 bits per heavy atom. The summed E-state index contributed by atoms with van der Waals surface area (Å²) in [6.07, 6.45) is -1.40. The van der Waals surface area contributed by atoms with Gasteiger partial charge in [-0.3, -0.25) is 4.68 Å². The normalized spacial score (nSPS) is 11.3. The summed E-state index contributed by atoms with van der Waals surface area (Å²) in [7, 11) is 0. The minimum atomic E-state index is -4.39. The summed E-state index contributed by atoms with van der Waals surface area (Å²) in [6, 6.07) is 12.0. The lowest BCUT2D eigenvalue weighted by Crippen LogP contribution is -2.19. The molecular formula is C19H17F3N4O. The number of amides is 2. The van der Waals surface area contributed by atoms with Crippen molar-refractivity contribution in [3.63, 3.8) is 0 Å². The van der Waals surface area contributed by atoms with Crippen LogP contribution in [0.5, 0.6) is 0 Å². The van der Waals surface area contributed by atoms with E-state index in [0.29, 0.717) is 16.9 Å². The quantitative estimate of drug-likeness (QED) is 0.682. The zero-order valence-corrected chi connectivity index (χ0v) is 14.4. The van der Waals surface area contributed by atoms with Gasteiger partial charge >= 0.3 is 12.2 Å². The zero-order valence-electron chi connectivity index (χ0n) is 14.4. The van der Waals surface area contributed by atoms with E-state index < -0.39 is 17.8 Å². The summed E-state index contributed by atoms with van der Waals surface area (Å²) in [6.45, 7) is 2.08. The number of aryl methyl sites for hydroxylation is 1. The van der Waals surface area contributed by atoms with Gasteiger partial charge in [0.25, 0.3) is 0 Å². The molecule has 1 aromatic heterocycles. The van der Waals surface area contributed by atoms with E-state index in [9.17, 15) is 18.0 Å². The second-order valence-corrected chi connectivity index (χ2v) is 6.07. The number of carbonyl (C=O) groups is 1. The van der Waals surface area contributed by atoms with Crippen molar-refractivity contribution in [2.75, 3.05) is 10.6 Å². The first-order valence-corrected chi connectivity index (χ1v) is 8.13. The van der Waals surface area contributed by atoms with Gasteiger partial charge in [-0.25, -0.2) is 4.79 Å². The number of halogens is 3. The highest BCUT2D eigenvalue weighted by Crippen LogP contribution is 2.29. The highest BCUT2D eigenvalue weighted by Gasteiger charge is 2.30. The summed E-state index contributed by atoms with van der Waals surface area (Å²) < 4.78 is 39.8. The fourth-order valence-electron chi connectivity index (χ4n) is 2.56. The third-order valence-electron chi connectivity index (χ3n) is 3.77. The Balaban J connectivity index is 1.62. The molecule has 0 bridgehead atoms. The maximum atomic E-state index is 12.8. The van der Waals surface area contributed by atoms with Crippen LogP contribution in [0.4, 0.5) is 29.3 Å². The van der Waals surface area contributed by atoms with E-state index in [-0.39, 0.29) is 6.54 Å². The predicted molar refractivity (Wildman–Crippen MR) is 96.6 cm³/mol. The maximum Gasteiger partial charge on any atom is 0.416 e. The van der Waals surface area contributed by atoms with E-state index in [1.807, 2.05) is 25.1 Å². The number of hydrogen-bond donors (Lipinski definition) is 2. The molecule has 8 heteroatoms. The van der Waals surface area contributed by atoms with Gasteiger partial charge in [-0.15, -0.1) is 0 Å². The van der Waals surface area contributed by atoms with Crippen molar-refractivity contribution in [3.8, 4) is 0 Å². The standard InChI is InChI=1S/C19H17F3N4O/c1-13-4-2-7-16(8-13)24-18(27)25-17-10-23-26(12-17)11-14-5-3-6-15(9-14)19(20,21)22/h2-10,12H,11H2,1H3,(H2,24,25,27). The molecule has 27 heavy (non-hydrogen) atoms. The van der Waals surface area contributed by atoms with Crippen molar-refractivity contribution in [2.45, 2.75) is 19.6 Å². The van der Waals surface area contributed by atoms with E-state index in [1.54, 1.807) is 18.3 Å². The van der Waals surface area contributed by atoms with Crippen molar-refractivity contribution in [1.82, 2.24) is 9.78 Å². The second kappa shape index (κ2) is 7.53. The van der Waals surface area contributed by atoms with Gasteiger partial charge in [0.1, 0.15) is 0 Å². The SMILES string of the molecule is Cc1cccc(NC(=O)Nc2cnn(Cc3cccc(C(F)(F)F)c3)c2)c1. The number of aromatic nitrogens is 2. The minimum Gasteiger partial charge on any atom is -0.308 e. The number of alkyl halides is 3. The van der Waals surface area contributed by atoms with Gasteiger partial charge in [-0.05, 0) is 42.3 Å². The first kappa shape index (κ1) is 18.5. The van der Waals surface area contributed by atoms with E-state index in [2.05, 4.69) is 15.7 Å². The molecule has 3 rings (SSSR count). The Labute approximate surface area is 153 Å². The Bertz CT molecular complexity index is 950. The van der Waals surface area contributed by atoms with Crippen LogP contribution in [0.3, 0.4) is 0 Å². The number of nitrogens with zero attached hydrogens (tertiary/aromatic N) is 2. The van der Waals surface area contributed by atoms with E-state index in [4.69, 9.17) is 0 Å². The lowest BCUT2D eigenvalue weighted by Gasteiger charge is -2.09. The Morgan fingerprint density at radius 1 is 1.07 bits per heavy atom. The van der Waals surface area contributed by atoms with Crippen molar-refractivity contribution in [2.24, 2.45) is 0 Å². The molecule has 2 N–H and O–H groups in total. The minimum absolute atomic E-state index is 0.158. The fraction of sp³-hybridized carbons (Fsp3) is 0.158. The topological polar surface area (TPSA) is 59.0 Å².